The monoisotopic (exact) mass is 658 g/mol. The van der Waals surface area contributed by atoms with Crippen LogP contribution in [0.5, 0.6) is 0 Å². The molecule has 1 aliphatic heterocycles. The van der Waals surface area contributed by atoms with Crippen molar-refractivity contribution in [1.29, 1.82) is 0 Å². The second kappa shape index (κ2) is 11.7. The standard InChI is InChI=1S/C30H23BrClF3N4O3/c1-37-16-20(14-24(28(37)41)19-3-2-4-21(13-19)30(33,34)35)27(40)38-11-12-39(29(42)25-10-7-22(31)15-36-25)26(17-38)18-5-8-23(32)9-6-18/h2-10,13-16,26H,11-12,17H2,1H3/t26-/m1/s1. The molecule has 1 atom stereocenters. The normalized spacial score (nSPS) is 15.5. The largest absolute Gasteiger partial charge is 0.416 e. The van der Waals surface area contributed by atoms with Gasteiger partial charge >= 0.3 is 6.18 Å². The van der Waals surface area contributed by atoms with E-state index in [1.54, 1.807) is 46.2 Å². The van der Waals surface area contributed by atoms with E-state index in [-0.39, 0.29) is 47.9 Å². The van der Waals surface area contributed by atoms with Gasteiger partial charge in [-0.3, -0.25) is 14.4 Å². The number of rotatable bonds is 4. The zero-order valence-corrected chi connectivity index (χ0v) is 24.4. The van der Waals surface area contributed by atoms with Gasteiger partial charge in [-0.2, -0.15) is 13.2 Å². The van der Waals surface area contributed by atoms with E-state index in [0.29, 0.717) is 5.02 Å². The van der Waals surface area contributed by atoms with Gasteiger partial charge < -0.3 is 14.4 Å². The van der Waals surface area contributed by atoms with Crippen LogP contribution < -0.4 is 5.56 Å². The second-order valence-corrected chi connectivity index (χ2v) is 11.2. The highest BCUT2D eigenvalue weighted by atomic mass is 79.9. The average molecular weight is 660 g/mol. The van der Waals surface area contributed by atoms with Crippen molar-refractivity contribution in [3.8, 4) is 11.1 Å². The van der Waals surface area contributed by atoms with Gasteiger partial charge in [0.1, 0.15) is 5.69 Å². The van der Waals surface area contributed by atoms with Crippen LogP contribution in [0.2, 0.25) is 5.02 Å². The molecule has 1 saturated heterocycles. The number of hydrogen-bond donors (Lipinski definition) is 0. The van der Waals surface area contributed by atoms with Gasteiger partial charge in [-0.05, 0) is 69.5 Å². The van der Waals surface area contributed by atoms with Gasteiger partial charge in [-0.1, -0.05) is 35.9 Å². The minimum Gasteiger partial charge on any atom is -0.334 e. The highest BCUT2D eigenvalue weighted by Gasteiger charge is 2.35. The summed E-state index contributed by atoms with van der Waals surface area (Å²) in [6, 6.07) is 15.5. The topological polar surface area (TPSA) is 75.5 Å². The molecule has 0 radical (unpaired) electrons. The Hall–Kier alpha value is -3.96. The number of piperazine rings is 1. The number of nitrogens with zero attached hydrogens (tertiary/aromatic N) is 4. The molecule has 1 fully saturated rings. The predicted molar refractivity (Wildman–Crippen MR) is 155 cm³/mol. The Bertz CT molecular complexity index is 1710. The van der Waals surface area contributed by atoms with Gasteiger partial charge in [0, 0.05) is 54.1 Å². The SMILES string of the molecule is Cn1cc(C(=O)N2CCN(C(=O)c3ccc(Br)cn3)[C@@H](c3ccc(Cl)cc3)C2)cc(-c2cccc(C(F)(F)F)c2)c1=O. The van der Waals surface area contributed by atoms with Crippen molar-refractivity contribution in [3.05, 3.63) is 121 Å². The lowest BCUT2D eigenvalue weighted by atomic mass is 10.00. The Labute approximate surface area is 252 Å². The molecule has 2 amide bonds. The number of amides is 2. The summed E-state index contributed by atoms with van der Waals surface area (Å²) < 4.78 is 41.9. The summed E-state index contributed by atoms with van der Waals surface area (Å²) in [5.74, 6) is -0.727. The second-order valence-electron chi connectivity index (χ2n) is 9.82. The Morgan fingerprint density at radius 2 is 1.74 bits per heavy atom. The molecule has 0 spiro atoms. The molecule has 2 aromatic carbocycles. The molecule has 12 heteroatoms. The van der Waals surface area contributed by atoms with E-state index in [2.05, 4.69) is 20.9 Å². The van der Waals surface area contributed by atoms with E-state index < -0.39 is 29.2 Å². The molecule has 0 unspecified atom stereocenters. The van der Waals surface area contributed by atoms with Gasteiger partial charge in [0.15, 0.2) is 0 Å². The third-order valence-corrected chi connectivity index (χ3v) is 7.78. The zero-order chi connectivity index (χ0) is 30.2. The van der Waals surface area contributed by atoms with Crippen LogP contribution in [-0.2, 0) is 13.2 Å². The smallest absolute Gasteiger partial charge is 0.334 e. The van der Waals surface area contributed by atoms with E-state index in [4.69, 9.17) is 11.6 Å². The molecule has 5 rings (SSSR count). The maximum Gasteiger partial charge on any atom is 0.416 e. The van der Waals surface area contributed by atoms with Crippen molar-refractivity contribution in [2.45, 2.75) is 12.2 Å². The lowest BCUT2D eigenvalue weighted by molar-refractivity contribution is -0.137. The molecule has 3 heterocycles. The van der Waals surface area contributed by atoms with Crippen LogP contribution in [0.4, 0.5) is 13.2 Å². The first-order chi connectivity index (χ1) is 19.9. The Morgan fingerprint density at radius 1 is 1.00 bits per heavy atom. The highest BCUT2D eigenvalue weighted by molar-refractivity contribution is 9.10. The van der Waals surface area contributed by atoms with Crippen molar-refractivity contribution in [2.24, 2.45) is 7.05 Å². The maximum atomic E-state index is 13.8. The van der Waals surface area contributed by atoms with Gasteiger partial charge in [0.05, 0.1) is 17.2 Å². The summed E-state index contributed by atoms with van der Waals surface area (Å²) in [7, 11) is 1.44. The molecule has 2 aromatic heterocycles. The van der Waals surface area contributed by atoms with Crippen LogP contribution in [0.1, 0.15) is 38.0 Å². The summed E-state index contributed by atoms with van der Waals surface area (Å²) in [6.45, 7) is 0.513. The van der Waals surface area contributed by atoms with Crippen molar-refractivity contribution in [2.75, 3.05) is 19.6 Å². The molecule has 42 heavy (non-hydrogen) atoms. The summed E-state index contributed by atoms with van der Waals surface area (Å²) >= 11 is 9.42. The number of aromatic nitrogens is 2. The van der Waals surface area contributed by atoms with E-state index in [1.165, 1.54) is 42.2 Å². The summed E-state index contributed by atoms with van der Waals surface area (Å²) in [5.41, 5.74) is -0.273. The van der Waals surface area contributed by atoms with E-state index in [0.717, 1.165) is 22.2 Å². The van der Waals surface area contributed by atoms with Crippen molar-refractivity contribution in [1.82, 2.24) is 19.4 Å². The quantitative estimate of drug-likeness (QED) is 0.261. The third kappa shape index (κ3) is 6.12. The molecule has 4 aromatic rings. The van der Waals surface area contributed by atoms with Crippen LogP contribution >= 0.6 is 27.5 Å². The molecule has 0 N–H and O–H groups in total. The first kappa shape index (κ1) is 29.5. The maximum absolute atomic E-state index is 13.8. The van der Waals surface area contributed by atoms with E-state index >= 15 is 0 Å². The first-order valence-electron chi connectivity index (χ1n) is 12.8. The number of aryl methyl sites for hydroxylation is 1. The molecule has 1 aliphatic rings. The molecular weight excluding hydrogens is 637 g/mol. The molecule has 0 saturated carbocycles. The number of carbonyl (C=O) groups excluding carboxylic acids is 2. The Kier molecular flexibility index (Phi) is 8.25. The zero-order valence-electron chi connectivity index (χ0n) is 22.1. The van der Waals surface area contributed by atoms with E-state index in [9.17, 15) is 27.6 Å². The molecule has 0 aliphatic carbocycles. The van der Waals surface area contributed by atoms with Gasteiger partial charge in [0.25, 0.3) is 17.4 Å². The lowest BCUT2D eigenvalue weighted by Crippen LogP contribution is -2.52. The van der Waals surface area contributed by atoms with Crippen LogP contribution in [0, 0.1) is 0 Å². The number of benzene rings is 2. The number of carbonyl (C=O) groups is 2. The fourth-order valence-electron chi connectivity index (χ4n) is 4.91. The number of halogens is 5. The molecular formula is C30H23BrClF3N4O3. The van der Waals surface area contributed by atoms with Crippen LogP contribution in [0.25, 0.3) is 11.1 Å². The fourth-order valence-corrected chi connectivity index (χ4v) is 5.27. The van der Waals surface area contributed by atoms with Crippen LogP contribution in [0.15, 0.2) is 88.4 Å². The third-order valence-electron chi connectivity index (χ3n) is 7.06. The first-order valence-corrected chi connectivity index (χ1v) is 13.9. The number of pyridine rings is 2. The van der Waals surface area contributed by atoms with Crippen LogP contribution in [0.3, 0.4) is 0 Å². The molecule has 7 nitrogen and oxygen atoms in total. The van der Waals surface area contributed by atoms with Gasteiger partial charge in [-0.25, -0.2) is 4.98 Å². The Balaban J connectivity index is 1.48. The Morgan fingerprint density at radius 3 is 2.40 bits per heavy atom. The number of hydrogen-bond acceptors (Lipinski definition) is 4. The number of alkyl halides is 3. The van der Waals surface area contributed by atoms with Gasteiger partial charge in [0.2, 0.25) is 0 Å². The average Bonchev–Trinajstić information content (AvgIpc) is 2.98. The van der Waals surface area contributed by atoms with E-state index in [1.807, 2.05) is 0 Å². The summed E-state index contributed by atoms with van der Waals surface area (Å²) in [6.07, 6.45) is -1.69. The van der Waals surface area contributed by atoms with Crippen molar-refractivity contribution >= 4 is 39.3 Å². The molecule has 0 bridgehead atoms. The van der Waals surface area contributed by atoms with Crippen LogP contribution in [-0.4, -0.2) is 50.8 Å². The van der Waals surface area contributed by atoms with Crippen molar-refractivity contribution < 1.29 is 22.8 Å². The highest BCUT2D eigenvalue weighted by Crippen LogP contribution is 2.32. The van der Waals surface area contributed by atoms with Crippen molar-refractivity contribution in [3.63, 3.8) is 0 Å². The summed E-state index contributed by atoms with van der Waals surface area (Å²) in [5, 5.41) is 0.516. The summed E-state index contributed by atoms with van der Waals surface area (Å²) in [4.78, 5) is 47.6. The minimum atomic E-state index is -4.59. The minimum absolute atomic E-state index is 0.0289. The lowest BCUT2D eigenvalue weighted by Gasteiger charge is -2.41. The predicted octanol–water partition coefficient (Wildman–Crippen LogP) is 6.22. The fraction of sp³-hybridized carbons (Fsp3) is 0.200. The van der Waals surface area contributed by atoms with Gasteiger partial charge in [-0.15, -0.1) is 0 Å². The molecule has 216 valence electrons.